The summed E-state index contributed by atoms with van der Waals surface area (Å²) in [6, 6.07) is 0.348. The lowest BCUT2D eigenvalue weighted by molar-refractivity contribution is 0.00409. The minimum atomic E-state index is -0.188. The molecule has 0 aromatic carbocycles. The van der Waals surface area contributed by atoms with Crippen molar-refractivity contribution in [3.8, 4) is 0 Å². The van der Waals surface area contributed by atoms with Crippen molar-refractivity contribution in [3.63, 3.8) is 0 Å². The molecule has 0 aromatic heterocycles. The highest BCUT2D eigenvalue weighted by atomic mass is 16.6. The van der Waals surface area contributed by atoms with Crippen LogP contribution in [0.25, 0.3) is 0 Å². The molecule has 4 heteroatoms. The lowest BCUT2D eigenvalue weighted by atomic mass is 9.93. The van der Waals surface area contributed by atoms with Crippen molar-refractivity contribution in [3.05, 3.63) is 0 Å². The second-order valence-electron chi connectivity index (χ2n) is 4.57. The van der Waals surface area contributed by atoms with Crippen molar-refractivity contribution in [2.24, 2.45) is 5.92 Å². The normalized spacial score (nSPS) is 29.0. The van der Waals surface area contributed by atoms with Gasteiger partial charge in [0.25, 0.3) is 0 Å². The van der Waals surface area contributed by atoms with Gasteiger partial charge >= 0.3 is 6.09 Å². The van der Waals surface area contributed by atoms with E-state index in [4.69, 9.17) is 9.84 Å². The van der Waals surface area contributed by atoms with Crippen LogP contribution in [0.3, 0.4) is 0 Å². The van der Waals surface area contributed by atoms with E-state index in [0.29, 0.717) is 19.2 Å². The molecule has 1 heterocycles. The Kier molecular flexibility index (Phi) is 3.46. The number of hydrogen-bond donors (Lipinski definition) is 1. The minimum Gasteiger partial charge on any atom is -0.449 e. The summed E-state index contributed by atoms with van der Waals surface area (Å²) in [6.45, 7) is 1.15. The van der Waals surface area contributed by atoms with Crippen LogP contribution in [0.5, 0.6) is 0 Å². The molecule has 1 unspecified atom stereocenters. The van der Waals surface area contributed by atoms with Crippen LogP contribution < -0.4 is 0 Å². The van der Waals surface area contributed by atoms with Crippen molar-refractivity contribution >= 4 is 6.09 Å². The predicted octanol–water partition coefficient (Wildman–Crippen LogP) is 1.38. The molecule has 86 valence electrons. The molecular weight excluding hydrogens is 194 g/mol. The fraction of sp³-hybridized carbons (Fsp3) is 0.909. The van der Waals surface area contributed by atoms with Gasteiger partial charge in [-0.1, -0.05) is 19.3 Å². The Morgan fingerprint density at radius 2 is 2.07 bits per heavy atom. The van der Waals surface area contributed by atoms with Gasteiger partial charge in [0.05, 0.1) is 13.2 Å². The van der Waals surface area contributed by atoms with Crippen LogP contribution in [0.1, 0.15) is 32.1 Å². The summed E-state index contributed by atoms with van der Waals surface area (Å²) >= 11 is 0. The highest BCUT2D eigenvalue weighted by molar-refractivity contribution is 5.68. The number of ether oxygens (including phenoxy) is 1. The number of aliphatic hydroxyl groups is 1. The highest BCUT2D eigenvalue weighted by Gasteiger charge is 2.32. The Morgan fingerprint density at radius 3 is 2.73 bits per heavy atom. The topological polar surface area (TPSA) is 49.8 Å². The smallest absolute Gasteiger partial charge is 0.410 e. The van der Waals surface area contributed by atoms with Gasteiger partial charge in [-0.25, -0.2) is 4.79 Å². The van der Waals surface area contributed by atoms with Crippen molar-refractivity contribution < 1.29 is 14.6 Å². The van der Waals surface area contributed by atoms with Gasteiger partial charge in [-0.2, -0.15) is 0 Å². The first-order valence-corrected chi connectivity index (χ1v) is 5.85. The SMILES string of the molecule is O=C1OCC(CO)CN1C1CCCCC1. The molecule has 0 aromatic rings. The second-order valence-corrected chi connectivity index (χ2v) is 4.57. The molecule has 1 N–H and O–H groups in total. The average Bonchev–Trinajstić information content (AvgIpc) is 2.31. The van der Waals surface area contributed by atoms with Gasteiger partial charge in [-0.3, -0.25) is 0 Å². The molecule has 1 saturated heterocycles. The fourth-order valence-electron chi connectivity index (χ4n) is 2.48. The molecule has 4 nitrogen and oxygen atoms in total. The van der Waals surface area contributed by atoms with Crippen molar-refractivity contribution in [2.75, 3.05) is 19.8 Å². The number of carbonyl (C=O) groups is 1. The van der Waals surface area contributed by atoms with Crippen LogP contribution in [-0.2, 0) is 4.74 Å². The molecule has 2 fully saturated rings. The molecule has 1 aliphatic heterocycles. The average molecular weight is 213 g/mol. The quantitative estimate of drug-likeness (QED) is 0.754. The molecular formula is C11H19NO3. The Morgan fingerprint density at radius 1 is 1.33 bits per heavy atom. The van der Waals surface area contributed by atoms with Gasteiger partial charge in [-0.05, 0) is 12.8 Å². The first-order valence-electron chi connectivity index (χ1n) is 5.85. The molecule has 2 aliphatic rings. The monoisotopic (exact) mass is 213 g/mol. The highest BCUT2D eigenvalue weighted by Crippen LogP contribution is 2.25. The summed E-state index contributed by atoms with van der Waals surface area (Å²) < 4.78 is 5.07. The third-order valence-corrected chi connectivity index (χ3v) is 3.41. The molecule has 0 bridgehead atoms. The molecule has 0 spiro atoms. The van der Waals surface area contributed by atoms with Crippen LogP contribution in [-0.4, -0.2) is 41.9 Å². The number of carbonyl (C=O) groups excluding carboxylic acids is 1. The van der Waals surface area contributed by atoms with Crippen LogP contribution in [0.15, 0.2) is 0 Å². The Balaban J connectivity index is 1.95. The Bertz CT molecular complexity index is 226. The maximum Gasteiger partial charge on any atom is 0.410 e. The zero-order valence-corrected chi connectivity index (χ0v) is 9.02. The van der Waals surface area contributed by atoms with Gasteiger partial charge in [-0.15, -0.1) is 0 Å². The van der Waals surface area contributed by atoms with E-state index in [0.717, 1.165) is 12.8 Å². The van der Waals surface area contributed by atoms with Crippen molar-refractivity contribution in [1.82, 2.24) is 4.90 Å². The number of rotatable bonds is 2. The van der Waals surface area contributed by atoms with E-state index < -0.39 is 0 Å². The second kappa shape index (κ2) is 4.84. The van der Waals surface area contributed by atoms with E-state index in [2.05, 4.69) is 0 Å². The van der Waals surface area contributed by atoms with E-state index in [9.17, 15) is 4.79 Å². The van der Waals surface area contributed by atoms with Crippen molar-refractivity contribution in [1.29, 1.82) is 0 Å². The van der Waals surface area contributed by atoms with Gasteiger partial charge in [0, 0.05) is 18.5 Å². The maximum absolute atomic E-state index is 11.6. The number of nitrogens with zero attached hydrogens (tertiary/aromatic N) is 1. The Labute approximate surface area is 90.2 Å². The molecule has 1 aliphatic carbocycles. The van der Waals surface area contributed by atoms with Crippen LogP contribution >= 0.6 is 0 Å². The van der Waals surface area contributed by atoms with E-state index in [-0.39, 0.29) is 18.6 Å². The largest absolute Gasteiger partial charge is 0.449 e. The number of amides is 1. The van der Waals surface area contributed by atoms with E-state index in [1.165, 1.54) is 19.3 Å². The summed E-state index contributed by atoms with van der Waals surface area (Å²) in [4.78, 5) is 13.4. The first kappa shape index (κ1) is 10.7. The van der Waals surface area contributed by atoms with Gasteiger partial charge in [0.2, 0.25) is 0 Å². The first-order chi connectivity index (χ1) is 7.31. The molecule has 2 rings (SSSR count). The molecule has 0 radical (unpaired) electrons. The minimum absolute atomic E-state index is 0.102. The summed E-state index contributed by atoms with van der Waals surface area (Å²) in [5, 5.41) is 9.08. The molecule has 1 atom stereocenters. The van der Waals surface area contributed by atoms with Gasteiger partial charge in [0.1, 0.15) is 0 Å². The van der Waals surface area contributed by atoms with Crippen LogP contribution in [0, 0.1) is 5.92 Å². The third kappa shape index (κ3) is 2.43. The summed E-state index contributed by atoms with van der Waals surface area (Å²) in [7, 11) is 0. The predicted molar refractivity (Wildman–Crippen MR) is 55.5 cm³/mol. The lowest BCUT2D eigenvalue weighted by Gasteiger charge is -2.38. The number of hydrogen-bond acceptors (Lipinski definition) is 3. The fourth-order valence-corrected chi connectivity index (χ4v) is 2.48. The molecule has 1 amide bonds. The standard InChI is InChI=1S/C11H19NO3/c13-7-9-6-12(11(14)15-8-9)10-4-2-1-3-5-10/h9-10,13H,1-8H2. The van der Waals surface area contributed by atoms with Gasteiger partial charge < -0.3 is 14.7 Å². The summed E-state index contributed by atoms with van der Waals surface area (Å²) in [5.74, 6) is 0.102. The molecule has 1 saturated carbocycles. The summed E-state index contributed by atoms with van der Waals surface area (Å²) in [5.41, 5.74) is 0. The van der Waals surface area contributed by atoms with Crippen molar-refractivity contribution in [2.45, 2.75) is 38.1 Å². The summed E-state index contributed by atoms with van der Waals surface area (Å²) in [6.07, 6.45) is 5.69. The van der Waals surface area contributed by atoms with Crippen LogP contribution in [0.4, 0.5) is 4.79 Å². The zero-order chi connectivity index (χ0) is 10.7. The van der Waals surface area contributed by atoms with Crippen LogP contribution in [0.2, 0.25) is 0 Å². The zero-order valence-electron chi connectivity index (χ0n) is 9.02. The lowest BCUT2D eigenvalue weighted by Crippen LogP contribution is -2.49. The van der Waals surface area contributed by atoms with E-state index in [1.807, 2.05) is 4.90 Å². The van der Waals surface area contributed by atoms with E-state index >= 15 is 0 Å². The van der Waals surface area contributed by atoms with Gasteiger partial charge in [0.15, 0.2) is 0 Å². The Hall–Kier alpha value is -0.770. The third-order valence-electron chi connectivity index (χ3n) is 3.41. The molecule has 15 heavy (non-hydrogen) atoms. The van der Waals surface area contributed by atoms with E-state index in [1.54, 1.807) is 0 Å². The number of aliphatic hydroxyl groups excluding tert-OH is 1. The maximum atomic E-state index is 11.6. The number of cyclic esters (lactones) is 1.